The summed E-state index contributed by atoms with van der Waals surface area (Å²) < 4.78 is 9.46. The minimum Gasteiger partial charge on any atom is -0.478 e. The third-order valence-corrected chi connectivity index (χ3v) is 5.53. The Morgan fingerprint density at radius 1 is 0.718 bits per heavy atom. The van der Waals surface area contributed by atoms with Gasteiger partial charge in [0, 0.05) is 48.5 Å². The molecule has 10 nitrogen and oxygen atoms in total. The number of carboxylic acid groups (broad SMARTS) is 1. The predicted molar refractivity (Wildman–Crippen MR) is 142 cm³/mol. The lowest BCUT2D eigenvalue weighted by Crippen LogP contribution is -2.18. The first-order valence-corrected chi connectivity index (χ1v) is 11.5. The van der Waals surface area contributed by atoms with Crippen LogP contribution in [0.2, 0.25) is 0 Å². The zero-order chi connectivity index (χ0) is 28.4. The van der Waals surface area contributed by atoms with Crippen LogP contribution in [-0.2, 0) is 9.47 Å². The highest BCUT2D eigenvalue weighted by Crippen LogP contribution is 2.26. The number of amides is 1. The lowest BCUT2D eigenvalue weighted by atomic mass is 9.98. The highest BCUT2D eigenvalue weighted by molar-refractivity contribution is 6.02. The summed E-state index contributed by atoms with van der Waals surface area (Å²) in [6, 6.07) is 16.1. The monoisotopic (exact) mass is 527 g/mol. The quantitative estimate of drug-likeness (QED) is 0.354. The average molecular weight is 528 g/mol. The Kier molecular flexibility index (Phi) is 9.58. The lowest BCUT2D eigenvalue weighted by molar-refractivity contribution is 0.0592. The van der Waals surface area contributed by atoms with Crippen LogP contribution >= 0.6 is 0 Å². The van der Waals surface area contributed by atoms with Crippen molar-refractivity contribution in [1.29, 1.82) is 0 Å². The van der Waals surface area contributed by atoms with Gasteiger partial charge in [-0.1, -0.05) is 12.1 Å². The molecule has 1 amide bonds. The summed E-state index contributed by atoms with van der Waals surface area (Å²) in [7, 11) is 4.16. The van der Waals surface area contributed by atoms with Gasteiger partial charge in [0.2, 0.25) is 0 Å². The first-order chi connectivity index (χ1) is 18.8. The molecule has 0 bridgehead atoms. The van der Waals surface area contributed by atoms with Crippen molar-refractivity contribution in [2.45, 2.75) is 0 Å². The van der Waals surface area contributed by atoms with E-state index >= 15 is 0 Å². The summed E-state index contributed by atoms with van der Waals surface area (Å²) >= 11 is 0. The molecule has 0 saturated heterocycles. The third kappa shape index (κ3) is 6.89. The zero-order valence-corrected chi connectivity index (χ0v) is 21.4. The van der Waals surface area contributed by atoms with Gasteiger partial charge in [0.1, 0.15) is 0 Å². The highest BCUT2D eigenvalue weighted by atomic mass is 16.5. The number of methoxy groups -OCH3 is 2. The van der Waals surface area contributed by atoms with Gasteiger partial charge in [-0.15, -0.1) is 0 Å². The van der Waals surface area contributed by atoms with Gasteiger partial charge in [-0.3, -0.25) is 14.8 Å². The SMILES string of the molecule is CNC(=O)c1ccc(C(=O)OC)c(-c2cccnc2)c1.COC(=O)c1ccc(C(=O)O)cc1-c1cccnc1. The second-order valence-electron chi connectivity index (χ2n) is 7.87. The molecule has 2 aromatic heterocycles. The number of carbonyl (C=O) groups excluding carboxylic acids is 3. The van der Waals surface area contributed by atoms with Crippen molar-refractivity contribution < 1.29 is 33.8 Å². The molecule has 2 heterocycles. The molecule has 0 fully saturated rings. The lowest BCUT2D eigenvalue weighted by Gasteiger charge is -2.10. The molecule has 0 radical (unpaired) electrons. The number of rotatable bonds is 6. The van der Waals surface area contributed by atoms with Crippen molar-refractivity contribution in [3.8, 4) is 22.3 Å². The molecule has 4 rings (SSSR count). The molecule has 0 saturated carbocycles. The second-order valence-corrected chi connectivity index (χ2v) is 7.87. The normalized spacial score (nSPS) is 9.92. The van der Waals surface area contributed by atoms with Crippen LogP contribution in [0.15, 0.2) is 85.5 Å². The zero-order valence-electron chi connectivity index (χ0n) is 21.4. The van der Waals surface area contributed by atoms with Crippen LogP contribution in [0.4, 0.5) is 0 Å². The molecular weight excluding hydrogens is 502 g/mol. The molecule has 10 heteroatoms. The predicted octanol–water partition coefficient (Wildman–Crippen LogP) is 4.13. The van der Waals surface area contributed by atoms with E-state index in [1.165, 1.54) is 32.4 Å². The number of nitrogens with one attached hydrogen (secondary N) is 1. The smallest absolute Gasteiger partial charge is 0.338 e. The maximum absolute atomic E-state index is 11.8. The van der Waals surface area contributed by atoms with Crippen LogP contribution in [0.1, 0.15) is 41.4 Å². The number of carbonyl (C=O) groups is 4. The maximum atomic E-state index is 11.8. The molecule has 198 valence electrons. The number of hydrogen-bond acceptors (Lipinski definition) is 8. The topological polar surface area (TPSA) is 145 Å². The van der Waals surface area contributed by atoms with Crippen molar-refractivity contribution in [2.75, 3.05) is 21.3 Å². The van der Waals surface area contributed by atoms with E-state index in [1.54, 1.807) is 68.2 Å². The van der Waals surface area contributed by atoms with Crippen molar-refractivity contribution in [3.05, 3.63) is 108 Å². The van der Waals surface area contributed by atoms with Crippen molar-refractivity contribution in [1.82, 2.24) is 15.3 Å². The molecule has 0 aliphatic heterocycles. The van der Waals surface area contributed by atoms with E-state index in [4.69, 9.17) is 14.6 Å². The minimum absolute atomic E-state index is 0.103. The molecule has 0 atom stereocenters. The van der Waals surface area contributed by atoms with Gasteiger partial charge in [0.05, 0.1) is 30.9 Å². The van der Waals surface area contributed by atoms with Crippen LogP contribution < -0.4 is 5.32 Å². The number of benzene rings is 2. The molecule has 2 N–H and O–H groups in total. The minimum atomic E-state index is -1.05. The van der Waals surface area contributed by atoms with Gasteiger partial charge in [-0.05, 0) is 59.7 Å². The number of esters is 2. The first kappa shape index (κ1) is 28.2. The van der Waals surface area contributed by atoms with E-state index < -0.39 is 17.9 Å². The number of aromatic nitrogens is 2. The van der Waals surface area contributed by atoms with Gasteiger partial charge in [0.25, 0.3) is 5.91 Å². The number of hydrogen-bond donors (Lipinski definition) is 2. The van der Waals surface area contributed by atoms with E-state index in [2.05, 4.69) is 15.3 Å². The summed E-state index contributed by atoms with van der Waals surface area (Å²) in [6.45, 7) is 0. The molecule has 2 aromatic carbocycles. The fourth-order valence-electron chi connectivity index (χ4n) is 3.60. The van der Waals surface area contributed by atoms with Gasteiger partial charge >= 0.3 is 17.9 Å². The Bertz CT molecular complexity index is 1490. The highest BCUT2D eigenvalue weighted by Gasteiger charge is 2.17. The van der Waals surface area contributed by atoms with E-state index in [9.17, 15) is 19.2 Å². The summed E-state index contributed by atoms with van der Waals surface area (Å²) in [6.07, 6.45) is 6.44. The number of nitrogens with zero attached hydrogens (tertiary/aromatic N) is 2. The number of pyridine rings is 2. The van der Waals surface area contributed by atoms with E-state index in [0.29, 0.717) is 33.4 Å². The average Bonchev–Trinajstić information content (AvgIpc) is 3.00. The summed E-state index contributed by atoms with van der Waals surface area (Å²) in [5.74, 6) is -2.24. The van der Waals surface area contributed by atoms with Crippen molar-refractivity contribution in [2.24, 2.45) is 0 Å². The number of carboxylic acids is 1. The van der Waals surface area contributed by atoms with Gasteiger partial charge in [-0.25, -0.2) is 14.4 Å². The van der Waals surface area contributed by atoms with Gasteiger partial charge in [-0.2, -0.15) is 0 Å². The van der Waals surface area contributed by atoms with Crippen molar-refractivity contribution >= 4 is 23.8 Å². The third-order valence-electron chi connectivity index (χ3n) is 5.53. The molecule has 0 unspecified atom stereocenters. The fourth-order valence-corrected chi connectivity index (χ4v) is 3.60. The van der Waals surface area contributed by atoms with Crippen molar-refractivity contribution in [3.63, 3.8) is 0 Å². The largest absolute Gasteiger partial charge is 0.478 e. The van der Waals surface area contributed by atoms with Crippen LogP contribution in [0.25, 0.3) is 22.3 Å². The van der Waals surface area contributed by atoms with E-state index in [-0.39, 0.29) is 11.5 Å². The molecule has 4 aromatic rings. The summed E-state index contributed by atoms with van der Waals surface area (Å²) in [5, 5.41) is 11.6. The fraction of sp³-hybridized carbons (Fsp3) is 0.103. The Morgan fingerprint density at radius 2 is 1.18 bits per heavy atom. The first-order valence-electron chi connectivity index (χ1n) is 11.5. The summed E-state index contributed by atoms with van der Waals surface area (Å²) in [4.78, 5) is 54.2. The van der Waals surface area contributed by atoms with Crippen LogP contribution in [0.3, 0.4) is 0 Å². The summed E-state index contributed by atoms with van der Waals surface area (Å²) in [5.41, 5.74) is 3.79. The number of aromatic carboxylic acids is 1. The maximum Gasteiger partial charge on any atom is 0.338 e. The van der Waals surface area contributed by atoms with Crippen LogP contribution in [-0.4, -0.2) is 60.2 Å². The van der Waals surface area contributed by atoms with Gasteiger partial charge < -0.3 is 19.9 Å². The van der Waals surface area contributed by atoms with E-state index in [1.807, 2.05) is 6.07 Å². The van der Waals surface area contributed by atoms with Gasteiger partial charge in [0.15, 0.2) is 0 Å². The Balaban J connectivity index is 0.000000216. The molecule has 39 heavy (non-hydrogen) atoms. The Labute approximate surface area is 224 Å². The Morgan fingerprint density at radius 3 is 1.56 bits per heavy atom. The van der Waals surface area contributed by atoms with Crippen LogP contribution in [0, 0.1) is 0 Å². The Hall–Kier alpha value is -5.38. The standard InChI is InChI=1S/C15H14N2O3.C14H11NO4/c1-16-14(18)10-5-6-12(15(19)20-2)13(8-10)11-4-3-7-17-9-11;1-19-14(18)11-5-4-9(13(16)17)7-12(11)10-3-2-6-15-8-10/h3-9H,1-2H3,(H,16,18);2-8H,1H3,(H,16,17). The van der Waals surface area contributed by atoms with E-state index in [0.717, 1.165) is 5.56 Å². The number of ether oxygens (including phenoxy) is 2. The molecule has 0 spiro atoms. The molecule has 0 aliphatic carbocycles. The second kappa shape index (κ2) is 13.2. The molecular formula is C29H25N3O7. The molecule has 0 aliphatic rings. The van der Waals surface area contributed by atoms with Crippen LogP contribution in [0.5, 0.6) is 0 Å².